The molecule has 2 fully saturated rings. The van der Waals surface area contributed by atoms with Gasteiger partial charge < -0.3 is 14.5 Å². The van der Waals surface area contributed by atoms with Gasteiger partial charge >= 0.3 is 6.09 Å². The van der Waals surface area contributed by atoms with Crippen molar-refractivity contribution in [3.63, 3.8) is 0 Å². The zero-order chi connectivity index (χ0) is 17.1. The molecule has 0 N–H and O–H groups in total. The summed E-state index contributed by atoms with van der Waals surface area (Å²) in [7, 11) is 0. The maximum absolute atomic E-state index is 12.2. The van der Waals surface area contributed by atoms with E-state index in [1.807, 2.05) is 36.4 Å². The third-order valence-corrected chi connectivity index (χ3v) is 6.16. The van der Waals surface area contributed by atoms with Gasteiger partial charge in [-0.3, -0.25) is 0 Å². The van der Waals surface area contributed by atoms with E-state index in [0.717, 1.165) is 40.0 Å². The number of rotatable bonds is 1. The average Bonchev–Trinajstić information content (AvgIpc) is 3.16. The number of hydrogen-bond acceptors (Lipinski definition) is 6. The monoisotopic (exact) mass is 461 g/mol. The third-order valence-electron chi connectivity index (χ3n) is 4.44. The van der Waals surface area contributed by atoms with Gasteiger partial charge in [-0.2, -0.15) is 4.52 Å². The summed E-state index contributed by atoms with van der Waals surface area (Å²) in [4.78, 5) is 21.7. The standard InChI is InChI=1S/C15H20IN5O2S/c1-15(2,3)23-14(22)20-7-9-5-19(6-10(9)8-20)13-18-21-11(16)4-17-12(21)24-13/h4,9-10H,5-8H2,1-3H3. The van der Waals surface area contributed by atoms with Crippen LogP contribution in [0, 0.1) is 15.5 Å². The van der Waals surface area contributed by atoms with Gasteiger partial charge in [0.25, 0.3) is 0 Å². The summed E-state index contributed by atoms with van der Waals surface area (Å²) in [6.07, 6.45) is 1.64. The van der Waals surface area contributed by atoms with Crippen molar-refractivity contribution in [1.82, 2.24) is 19.5 Å². The highest BCUT2D eigenvalue weighted by Gasteiger charge is 2.43. The minimum Gasteiger partial charge on any atom is -0.444 e. The van der Waals surface area contributed by atoms with E-state index in [0.29, 0.717) is 11.8 Å². The number of fused-ring (bicyclic) bond motifs is 2. The third kappa shape index (κ3) is 2.96. The Balaban J connectivity index is 1.41. The molecule has 130 valence electrons. The van der Waals surface area contributed by atoms with Crippen LogP contribution in [0.15, 0.2) is 6.20 Å². The molecule has 0 spiro atoms. The molecule has 4 heterocycles. The van der Waals surface area contributed by atoms with Crippen molar-refractivity contribution in [2.45, 2.75) is 26.4 Å². The van der Waals surface area contributed by atoms with Crippen molar-refractivity contribution >= 4 is 50.1 Å². The minimum atomic E-state index is -0.437. The van der Waals surface area contributed by atoms with Crippen LogP contribution in [0.5, 0.6) is 0 Å². The van der Waals surface area contributed by atoms with Gasteiger partial charge in [-0.05, 0) is 43.4 Å². The largest absolute Gasteiger partial charge is 0.444 e. The summed E-state index contributed by atoms with van der Waals surface area (Å²) in [6, 6.07) is 0. The van der Waals surface area contributed by atoms with Crippen LogP contribution in [-0.2, 0) is 4.74 Å². The fraction of sp³-hybridized carbons (Fsp3) is 0.667. The van der Waals surface area contributed by atoms with Crippen molar-refractivity contribution in [2.75, 3.05) is 31.1 Å². The number of aromatic nitrogens is 3. The maximum atomic E-state index is 12.2. The molecule has 7 nitrogen and oxygen atoms in total. The molecule has 4 rings (SSSR count). The van der Waals surface area contributed by atoms with Crippen molar-refractivity contribution in [2.24, 2.45) is 11.8 Å². The Morgan fingerprint density at radius 3 is 2.54 bits per heavy atom. The molecule has 2 aromatic rings. The summed E-state index contributed by atoms with van der Waals surface area (Å²) in [5, 5.41) is 5.69. The zero-order valence-electron chi connectivity index (χ0n) is 13.9. The topological polar surface area (TPSA) is 63.0 Å². The lowest BCUT2D eigenvalue weighted by Gasteiger charge is -2.25. The van der Waals surface area contributed by atoms with E-state index in [1.54, 1.807) is 11.3 Å². The van der Waals surface area contributed by atoms with Gasteiger partial charge in [0, 0.05) is 38.0 Å². The number of amides is 1. The van der Waals surface area contributed by atoms with Gasteiger partial charge in [0.1, 0.15) is 9.30 Å². The van der Waals surface area contributed by atoms with Crippen LogP contribution in [-0.4, -0.2) is 57.4 Å². The van der Waals surface area contributed by atoms with Gasteiger partial charge in [-0.25, -0.2) is 9.78 Å². The first-order valence-corrected chi connectivity index (χ1v) is 9.92. The number of carbonyl (C=O) groups excluding carboxylic acids is 1. The number of hydrogen-bond donors (Lipinski definition) is 0. The maximum Gasteiger partial charge on any atom is 0.410 e. The fourth-order valence-corrected chi connectivity index (χ4v) is 4.94. The number of ether oxygens (including phenoxy) is 1. The Hall–Kier alpha value is -1.10. The van der Waals surface area contributed by atoms with Crippen molar-refractivity contribution in [1.29, 1.82) is 0 Å². The van der Waals surface area contributed by atoms with Gasteiger partial charge in [-0.15, -0.1) is 5.10 Å². The van der Waals surface area contributed by atoms with Crippen molar-refractivity contribution in [3.05, 3.63) is 9.90 Å². The van der Waals surface area contributed by atoms with Crippen LogP contribution >= 0.6 is 33.9 Å². The van der Waals surface area contributed by atoms with Crippen LogP contribution < -0.4 is 4.90 Å². The Kier molecular flexibility index (Phi) is 3.90. The summed E-state index contributed by atoms with van der Waals surface area (Å²) in [5.41, 5.74) is -0.437. The lowest BCUT2D eigenvalue weighted by molar-refractivity contribution is 0.0282. The van der Waals surface area contributed by atoms with Crippen LogP contribution in [0.2, 0.25) is 0 Å². The molecule has 0 radical (unpaired) electrons. The molecule has 0 bridgehead atoms. The van der Waals surface area contributed by atoms with E-state index in [-0.39, 0.29) is 6.09 Å². The highest BCUT2D eigenvalue weighted by molar-refractivity contribution is 14.1. The number of imidazole rings is 1. The molecule has 2 unspecified atom stereocenters. The smallest absolute Gasteiger partial charge is 0.410 e. The molecule has 24 heavy (non-hydrogen) atoms. The van der Waals surface area contributed by atoms with Crippen molar-refractivity contribution in [3.8, 4) is 0 Å². The molecule has 2 aliphatic heterocycles. The van der Waals surface area contributed by atoms with Crippen LogP contribution in [0.25, 0.3) is 4.96 Å². The first kappa shape index (κ1) is 16.4. The van der Waals surface area contributed by atoms with Crippen LogP contribution in [0.3, 0.4) is 0 Å². The molecule has 2 saturated heterocycles. The highest BCUT2D eigenvalue weighted by Crippen LogP contribution is 2.36. The zero-order valence-corrected chi connectivity index (χ0v) is 16.9. The second kappa shape index (κ2) is 5.72. The number of anilines is 1. The predicted molar refractivity (Wildman–Crippen MR) is 101 cm³/mol. The molecule has 2 aromatic heterocycles. The summed E-state index contributed by atoms with van der Waals surface area (Å²) < 4.78 is 8.41. The average molecular weight is 461 g/mol. The lowest BCUT2D eigenvalue weighted by Crippen LogP contribution is -2.37. The molecule has 2 atom stereocenters. The molecule has 0 aliphatic carbocycles. The van der Waals surface area contributed by atoms with E-state index in [4.69, 9.17) is 4.74 Å². The number of nitrogens with zero attached hydrogens (tertiary/aromatic N) is 5. The molecular weight excluding hydrogens is 441 g/mol. The minimum absolute atomic E-state index is 0.189. The first-order chi connectivity index (χ1) is 11.3. The predicted octanol–water partition coefficient (Wildman–Crippen LogP) is 2.70. The molecule has 0 aromatic carbocycles. The fourth-order valence-electron chi connectivity index (χ4n) is 3.41. The van der Waals surface area contributed by atoms with E-state index >= 15 is 0 Å². The molecular formula is C15H20IN5O2S. The van der Waals surface area contributed by atoms with E-state index in [1.165, 1.54) is 0 Å². The van der Waals surface area contributed by atoms with Crippen LogP contribution in [0.4, 0.5) is 9.93 Å². The molecule has 0 saturated carbocycles. The van der Waals surface area contributed by atoms with E-state index in [9.17, 15) is 4.79 Å². The SMILES string of the molecule is CC(C)(C)OC(=O)N1CC2CN(c3nn4c(I)cnc4s3)CC2C1. The Morgan fingerprint density at radius 1 is 1.29 bits per heavy atom. The molecule has 1 amide bonds. The molecule has 2 aliphatic rings. The highest BCUT2D eigenvalue weighted by atomic mass is 127. The van der Waals surface area contributed by atoms with Gasteiger partial charge in [0.2, 0.25) is 10.1 Å². The number of carbonyl (C=O) groups is 1. The second-order valence-electron chi connectivity index (χ2n) is 7.47. The van der Waals surface area contributed by atoms with E-state index < -0.39 is 5.60 Å². The Morgan fingerprint density at radius 2 is 1.96 bits per heavy atom. The van der Waals surface area contributed by atoms with Gasteiger partial charge in [0.05, 0.1) is 6.20 Å². The van der Waals surface area contributed by atoms with E-state index in [2.05, 4.69) is 37.6 Å². The molecule has 9 heteroatoms. The lowest BCUT2D eigenvalue weighted by atomic mass is 10.0. The van der Waals surface area contributed by atoms with Crippen LogP contribution in [0.1, 0.15) is 20.8 Å². The van der Waals surface area contributed by atoms with Crippen molar-refractivity contribution < 1.29 is 9.53 Å². The van der Waals surface area contributed by atoms with Gasteiger partial charge in [-0.1, -0.05) is 11.3 Å². The normalized spacial score (nSPS) is 24.0. The number of likely N-dealkylation sites (tertiary alicyclic amines) is 1. The Bertz CT molecular complexity index is 769. The number of halogens is 1. The first-order valence-electron chi connectivity index (χ1n) is 8.03. The second-order valence-corrected chi connectivity index (χ2v) is 9.51. The van der Waals surface area contributed by atoms with Gasteiger partial charge in [0.15, 0.2) is 0 Å². The quantitative estimate of drug-likeness (QED) is 0.612. The summed E-state index contributed by atoms with van der Waals surface area (Å²) in [6.45, 7) is 9.15. The summed E-state index contributed by atoms with van der Waals surface area (Å²) >= 11 is 3.87. The summed E-state index contributed by atoms with van der Waals surface area (Å²) in [5.74, 6) is 0.987. The Labute approximate surface area is 158 Å².